The summed E-state index contributed by atoms with van der Waals surface area (Å²) in [5.41, 5.74) is 19.7. The van der Waals surface area contributed by atoms with Gasteiger partial charge >= 0.3 is 6.09 Å². The molecule has 4 rings (SSSR count). The summed E-state index contributed by atoms with van der Waals surface area (Å²) < 4.78 is 5.04. The molecule has 0 saturated heterocycles. The minimum atomic E-state index is -1.21. The Morgan fingerprint density at radius 2 is 1.30 bits per heavy atom. The first-order valence-corrected chi connectivity index (χ1v) is 17.8. The third-order valence-corrected chi connectivity index (χ3v) is 8.74. The van der Waals surface area contributed by atoms with E-state index < -0.39 is 53.9 Å². The van der Waals surface area contributed by atoms with Gasteiger partial charge in [0.15, 0.2) is 5.96 Å². The fourth-order valence-corrected chi connectivity index (χ4v) is 5.90. The summed E-state index contributed by atoms with van der Waals surface area (Å²) in [6, 6.07) is 18.6. The maximum Gasteiger partial charge on any atom is 0.407 e. The summed E-state index contributed by atoms with van der Waals surface area (Å²) in [7, 11) is 0. The minimum Gasteiger partial charge on any atom is -0.450 e. The summed E-state index contributed by atoms with van der Waals surface area (Å²) in [5, 5.41) is 12.2. The molecular weight excluding hydrogens is 714 g/mol. The van der Waals surface area contributed by atoms with E-state index in [0.717, 1.165) is 16.5 Å². The lowest BCUT2D eigenvalue weighted by atomic mass is 10.0. The normalized spacial score (nSPS) is 13.1. The number of alkyl carbamates (subject to hydrolysis) is 1. The van der Waals surface area contributed by atoms with Crippen molar-refractivity contribution in [3.8, 4) is 0 Å². The molecule has 11 N–H and O–H groups in total. The molecule has 286 valence electrons. The second-order valence-corrected chi connectivity index (χ2v) is 13.0. The number of nitrogens with two attached hydrogens (primary N) is 3. The van der Waals surface area contributed by atoms with Crippen LogP contribution in [0.3, 0.4) is 0 Å². The van der Waals surface area contributed by atoms with Crippen LogP contribution in [0.15, 0.2) is 90.1 Å². The Labute approximate surface area is 317 Å². The number of carbonyl (C=O) groups excluding carboxylic acids is 5. The number of fused-ring (bicyclic) bond motifs is 1. The van der Waals surface area contributed by atoms with Gasteiger partial charge in [-0.15, -0.1) is 0 Å². The van der Waals surface area contributed by atoms with Crippen LogP contribution in [-0.4, -0.2) is 78.0 Å². The van der Waals surface area contributed by atoms with E-state index in [1.54, 1.807) is 61.7 Å². The molecule has 0 unspecified atom stereocenters. The van der Waals surface area contributed by atoms with Gasteiger partial charge in [-0.1, -0.05) is 72.3 Å². The molecule has 4 atom stereocenters. The van der Waals surface area contributed by atoms with Gasteiger partial charge in [-0.05, 0) is 54.7 Å². The molecule has 4 aromatic rings. The maximum absolute atomic E-state index is 14.1. The lowest BCUT2D eigenvalue weighted by Gasteiger charge is -2.26. The number of halogens is 1. The van der Waals surface area contributed by atoms with Crippen molar-refractivity contribution in [3.05, 3.63) is 107 Å². The van der Waals surface area contributed by atoms with Crippen molar-refractivity contribution in [3.63, 3.8) is 0 Å². The first-order chi connectivity index (χ1) is 25.9. The van der Waals surface area contributed by atoms with Crippen LogP contribution in [0.5, 0.6) is 0 Å². The van der Waals surface area contributed by atoms with Crippen LogP contribution in [0.2, 0.25) is 5.02 Å². The van der Waals surface area contributed by atoms with E-state index in [1.165, 1.54) is 0 Å². The number of para-hydroxylation sites is 1. The summed E-state index contributed by atoms with van der Waals surface area (Å²) >= 11 is 6.05. The number of H-pyrrole nitrogens is 1. The van der Waals surface area contributed by atoms with Crippen LogP contribution in [0.1, 0.15) is 36.5 Å². The highest BCUT2D eigenvalue weighted by atomic mass is 35.5. The van der Waals surface area contributed by atoms with Gasteiger partial charge < -0.3 is 48.2 Å². The van der Waals surface area contributed by atoms with Crippen LogP contribution in [-0.2, 0) is 43.2 Å². The van der Waals surface area contributed by atoms with Crippen LogP contribution in [0.25, 0.3) is 10.9 Å². The third-order valence-electron chi connectivity index (χ3n) is 8.49. The number of carbonyl (C=O) groups is 5. The number of nitrogens with one attached hydrogen (secondary N) is 5. The number of ether oxygens (including phenoxy) is 1. The molecule has 0 aliphatic carbocycles. The standard InChI is InChI=1S/C38H46ClN9O6/c1-2-54-38(53)48-32(20-24-14-16-26(39)17-15-24)36(52)47-31(19-23-9-4-3-5-10-23)35(51)45-29(13-8-18-43-37(41)42)34(50)46-30(33(40)49)21-25-22-44-28-12-7-6-11-27(25)28/h3-7,9-12,14-17,22,29-32,44H,2,8,13,18-21H2,1H3,(H2,40,49)(H,45,51)(H,46,50)(H,47,52)(H,48,53)(H4,41,42,43)/t29-,30-,31-,32-/m0/s1. The second-order valence-electron chi connectivity index (χ2n) is 12.5. The second kappa shape index (κ2) is 20.2. The molecule has 0 fully saturated rings. The fourth-order valence-electron chi connectivity index (χ4n) is 5.77. The molecule has 0 aliphatic heterocycles. The summed E-state index contributed by atoms with van der Waals surface area (Å²) in [6.45, 7) is 1.86. The molecular formula is C38H46ClN9O6. The van der Waals surface area contributed by atoms with Crippen molar-refractivity contribution in [1.82, 2.24) is 26.3 Å². The Hall–Kier alpha value is -6.09. The number of aromatic nitrogens is 1. The van der Waals surface area contributed by atoms with Crippen LogP contribution < -0.4 is 38.5 Å². The number of primary amides is 1. The topological polar surface area (TPSA) is 249 Å². The van der Waals surface area contributed by atoms with Gasteiger partial charge in [-0.3, -0.25) is 24.2 Å². The van der Waals surface area contributed by atoms with Crippen molar-refractivity contribution < 1.29 is 28.7 Å². The van der Waals surface area contributed by atoms with Crippen molar-refractivity contribution in [1.29, 1.82) is 0 Å². The SMILES string of the molecule is CCOC(=O)N[C@@H](Cc1ccc(Cl)cc1)C(=O)N[C@@H](Cc1ccccc1)C(=O)N[C@@H](CCCN=C(N)N)C(=O)N[C@@H](Cc1c[nH]c2ccccc12)C(N)=O. The van der Waals surface area contributed by atoms with Gasteiger partial charge in [-0.2, -0.15) is 0 Å². The Morgan fingerprint density at radius 3 is 1.94 bits per heavy atom. The van der Waals surface area contributed by atoms with Crippen molar-refractivity contribution in [2.75, 3.05) is 13.2 Å². The first kappa shape index (κ1) is 40.7. The van der Waals surface area contributed by atoms with Gasteiger partial charge in [0.2, 0.25) is 23.6 Å². The van der Waals surface area contributed by atoms with Crippen molar-refractivity contribution in [2.45, 2.75) is 63.2 Å². The first-order valence-electron chi connectivity index (χ1n) is 17.5. The number of guanidine groups is 1. The molecule has 16 heteroatoms. The summed E-state index contributed by atoms with van der Waals surface area (Å²) in [4.78, 5) is 74.0. The number of hydrogen-bond donors (Lipinski definition) is 8. The molecule has 1 aromatic heterocycles. The van der Waals surface area contributed by atoms with Crippen LogP contribution >= 0.6 is 11.6 Å². The number of aromatic amines is 1. The van der Waals surface area contributed by atoms with Crippen LogP contribution in [0, 0.1) is 0 Å². The zero-order valence-corrected chi connectivity index (χ0v) is 30.6. The molecule has 0 spiro atoms. The van der Waals surface area contributed by atoms with Crippen molar-refractivity contribution >= 4 is 58.2 Å². The third kappa shape index (κ3) is 12.5. The molecule has 54 heavy (non-hydrogen) atoms. The van der Waals surface area contributed by atoms with E-state index in [0.29, 0.717) is 16.1 Å². The summed E-state index contributed by atoms with van der Waals surface area (Å²) in [6.07, 6.45) is 1.47. The predicted molar refractivity (Wildman–Crippen MR) is 206 cm³/mol. The Kier molecular flexibility index (Phi) is 15.2. The maximum atomic E-state index is 14.1. The molecule has 0 saturated carbocycles. The zero-order valence-electron chi connectivity index (χ0n) is 29.8. The highest BCUT2D eigenvalue weighted by molar-refractivity contribution is 6.30. The average molecular weight is 760 g/mol. The Bertz CT molecular complexity index is 1920. The Morgan fingerprint density at radius 1 is 0.722 bits per heavy atom. The molecule has 0 aliphatic rings. The highest BCUT2D eigenvalue weighted by Gasteiger charge is 2.32. The van der Waals surface area contributed by atoms with Gasteiger partial charge in [0.05, 0.1) is 6.61 Å². The van der Waals surface area contributed by atoms with E-state index in [9.17, 15) is 24.0 Å². The van der Waals surface area contributed by atoms with E-state index in [4.69, 9.17) is 33.5 Å². The molecule has 0 radical (unpaired) electrons. The smallest absolute Gasteiger partial charge is 0.407 e. The Balaban J connectivity index is 1.58. The molecule has 15 nitrogen and oxygen atoms in total. The average Bonchev–Trinajstić information content (AvgIpc) is 3.55. The quantitative estimate of drug-likeness (QED) is 0.0398. The predicted octanol–water partition coefficient (Wildman–Crippen LogP) is 1.96. The molecule has 0 bridgehead atoms. The number of nitrogens with zero attached hydrogens (tertiary/aromatic N) is 1. The van der Waals surface area contributed by atoms with Crippen LogP contribution in [0.4, 0.5) is 4.79 Å². The number of aliphatic imine (C=N–C) groups is 1. The zero-order chi connectivity index (χ0) is 39.0. The van der Waals surface area contributed by atoms with Gasteiger partial charge in [0.25, 0.3) is 0 Å². The van der Waals surface area contributed by atoms with E-state index >= 15 is 0 Å². The van der Waals surface area contributed by atoms with Gasteiger partial charge in [0, 0.05) is 47.9 Å². The van der Waals surface area contributed by atoms with Gasteiger partial charge in [0.1, 0.15) is 24.2 Å². The van der Waals surface area contributed by atoms with Crippen molar-refractivity contribution in [2.24, 2.45) is 22.2 Å². The lowest BCUT2D eigenvalue weighted by Crippen LogP contribution is -2.59. The number of rotatable bonds is 19. The number of amides is 5. The minimum absolute atomic E-state index is 0.0400. The molecule has 3 aromatic carbocycles. The van der Waals surface area contributed by atoms with E-state index in [1.807, 2.05) is 30.3 Å². The van der Waals surface area contributed by atoms with Gasteiger partial charge in [-0.25, -0.2) is 4.79 Å². The monoisotopic (exact) mass is 759 g/mol. The lowest BCUT2D eigenvalue weighted by molar-refractivity contribution is -0.133. The van der Waals surface area contributed by atoms with E-state index in [2.05, 4.69) is 31.2 Å². The van der Waals surface area contributed by atoms with E-state index in [-0.39, 0.29) is 51.2 Å². The number of hydrogen-bond acceptors (Lipinski definition) is 7. The largest absolute Gasteiger partial charge is 0.450 e. The fraction of sp³-hybridized carbons (Fsp3) is 0.316. The molecule has 5 amide bonds. The summed E-state index contributed by atoms with van der Waals surface area (Å²) in [5.74, 6) is -2.94. The highest BCUT2D eigenvalue weighted by Crippen LogP contribution is 2.19. The number of benzene rings is 3. The molecule has 1 heterocycles.